The first-order chi connectivity index (χ1) is 11.7. The van der Waals surface area contributed by atoms with Gasteiger partial charge in [0, 0.05) is 30.9 Å². The van der Waals surface area contributed by atoms with E-state index in [2.05, 4.69) is 10.4 Å². The molecule has 0 fully saturated rings. The molecule has 2 atom stereocenters. The summed E-state index contributed by atoms with van der Waals surface area (Å²) in [6.07, 6.45) is -2.09. The topological polar surface area (TPSA) is 56.1 Å². The zero-order valence-corrected chi connectivity index (χ0v) is 15.1. The first kappa shape index (κ1) is 19.3. The van der Waals surface area contributed by atoms with Crippen LogP contribution in [0.25, 0.3) is 0 Å². The van der Waals surface area contributed by atoms with Gasteiger partial charge in [-0.1, -0.05) is 23.7 Å². The molecule has 8 heteroatoms. The molecule has 0 radical (unpaired) electrons. The fourth-order valence-electron chi connectivity index (χ4n) is 2.67. The number of aromatic nitrogens is 2. The summed E-state index contributed by atoms with van der Waals surface area (Å²) in [5.74, 6) is -0.638. The van der Waals surface area contributed by atoms with Gasteiger partial charge in [-0.15, -0.1) is 0 Å². The minimum absolute atomic E-state index is 0.158. The zero-order chi connectivity index (χ0) is 18.7. The highest BCUT2D eigenvalue weighted by Crippen LogP contribution is 2.29. The van der Waals surface area contributed by atoms with Crippen LogP contribution in [0.1, 0.15) is 46.6 Å². The molecule has 136 valence electrons. The van der Waals surface area contributed by atoms with Gasteiger partial charge in [-0.05, 0) is 25.5 Å². The van der Waals surface area contributed by atoms with Crippen molar-refractivity contribution < 1.29 is 18.3 Å². The molecule has 2 aromatic rings. The van der Waals surface area contributed by atoms with Gasteiger partial charge in [-0.3, -0.25) is 9.48 Å². The van der Waals surface area contributed by atoms with Gasteiger partial charge in [-0.25, -0.2) is 8.78 Å². The first-order valence-electron chi connectivity index (χ1n) is 7.66. The lowest BCUT2D eigenvalue weighted by molar-refractivity contribution is 0.0641. The molecule has 2 rings (SSSR count). The van der Waals surface area contributed by atoms with Crippen LogP contribution in [-0.2, 0) is 11.8 Å². The number of hydrogen-bond donors (Lipinski definition) is 1. The van der Waals surface area contributed by atoms with Crippen molar-refractivity contribution in [3.8, 4) is 0 Å². The van der Waals surface area contributed by atoms with Gasteiger partial charge in [0.15, 0.2) is 0 Å². The van der Waals surface area contributed by atoms with E-state index in [0.29, 0.717) is 10.6 Å². The molecule has 1 aromatic carbocycles. The molecule has 1 N–H and O–H groups in total. The third-order valence-corrected chi connectivity index (χ3v) is 4.17. The number of alkyl halides is 2. The fraction of sp³-hybridized carbons (Fsp3) is 0.412. The lowest BCUT2D eigenvalue weighted by Gasteiger charge is -2.25. The smallest absolute Gasteiger partial charge is 0.282 e. The van der Waals surface area contributed by atoms with Crippen LogP contribution < -0.4 is 5.32 Å². The first-order valence-corrected chi connectivity index (χ1v) is 8.03. The van der Waals surface area contributed by atoms with E-state index in [4.69, 9.17) is 16.3 Å². The number of nitrogens with one attached hydrogen (secondary N) is 1. The Morgan fingerprint density at radius 1 is 1.40 bits per heavy atom. The van der Waals surface area contributed by atoms with Crippen LogP contribution >= 0.6 is 11.6 Å². The van der Waals surface area contributed by atoms with Crippen molar-refractivity contribution in [1.82, 2.24) is 15.1 Å². The van der Waals surface area contributed by atoms with Crippen molar-refractivity contribution in [3.63, 3.8) is 0 Å². The number of carbonyl (C=O) groups is 1. The molecule has 0 spiro atoms. The minimum atomic E-state index is -2.83. The van der Waals surface area contributed by atoms with Crippen LogP contribution in [0.5, 0.6) is 0 Å². The molecule has 5 nitrogen and oxygen atoms in total. The molecule has 0 saturated heterocycles. The van der Waals surface area contributed by atoms with Gasteiger partial charge in [-0.2, -0.15) is 5.10 Å². The average Bonchev–Trinajstić information content (AvgIpc) is 2.92. The second-order valence-corrected chi connectivity index (χ2v) is 6.25. The maximum absolute atomic E-state index is 13.0. The number of amides is 1. The summed E-state index contributed by atoms with van der Waals surface area (Å²) in [4.78, 5) is 12.4. The number of ether oxygens (including phenoxy) is 1. The SMILES string of the molecule is COC(c1ccc(C)cc1Cl)C(C)NC(=O)c1cn(C)nc1C(F)F. The summed E-state index contributed by atoms with van der Waals surface area (Å²) in [5.41, 5.74) is 1.00. The molecule has 25 heavy (non-hydrogen) atoms. The summed E-state index contributed by atoms with van der Waals surface area (Å²) in [6.45, 7) is 3.64. The zero-order valence-electron chi connectivity index (χ0n) is 14.4. The van der Waals surface area contributed by atoms with Crippen LogP contribution in [0.15, 0.2) is 24.4 Å². The average molecular weight is 372 g/mol. The third-order valence-electron chi connectivity index (χ3n) is 3.84. The predicted octanol–water partition coefficient (Wildman–Crippen LogP) is 3.83. The number of aryl methyl sites for hydroxylation is 2. The van der Waals surface area contributed by atoms with E-state index in [1.54, 1.807) is 13.0 Å². The predicted molar refractivity (Wildman–Crippen MR) is 91.0 cm³/mol. The van der Waals surface area contributed by atoms with E-state index in [9.17, 15) is 13.6 Å². The van der Waals surface area contributed by atoms with Crippen molar-refractivity contribution in [1.29, 1.82) is 0 Å². The van der Waals surface area contributed by atoms with Gasteiger partial charge in [0.1, 0.15) is 11.8 Å². The van der Waals surface area contributed by atoms with Gasteiger partial charge >= 0.3 is 0 Å². The third kappa shape index (κ3) is 4.35. The number of carbonyl (C=O) groups excluding carboxylic acids is 1. The highest BCUT2D eigenvalue weighted by atomic mass is 35.5. The minimum Gasteiger partial charge on any atom is -0.375 e. The van der Waals surface area contributed by atoms with Crippen molar-refractivity contribution in [2.45, 2.75) is 32.4 Å². The maximum atomic E-state index is 13.0. The number of hydrogen-bond acceptors (Lipinski definition) is 3. The number of rotatable bonds is 6. The second-order valence-electron chi connectivity index (χ2n) is 5.85. The Balaban J connectivity index is 2.22. The monoisotopic (exact) mass is 371 g/mol. The second kappa shape index (κ2) is 7.93. The number of halogens is 3. The normalized spacial score (nSPS) is 13.8. The Morgan fingerprint density at radius 2 is 2.08 bits per heavy atom. The van der Waals surface area contributed by atoms with Crippen LogP contribution in [0.3, 0.4) is 0 Å². The summed E-state index contributed by atoms with van der Waals surface area (Å²) < 4.78 is 32.7. The molecule has 1 heterocycles. The van der Waals surface area contributed by atoms with E-state index in [1.165, 1.54) is 25.0 Å². The van der Waals surface area contributed by atoms with E-state index >= 15 is 0 Å². The Kier molecular flexibility index (Phi) is 6.13. The number of nitrogens with zero attached hydrogens (tertiary/aromatic N) is 2. The molecule has 1 amide bonds. The van der Waals surface area contributed by atoms with Gasteiger partial charge in [0.2, 0.25) is 0 Å². The molecular weight excluding hydrogens is 352 g/mol. The van der Waals surface area contributed by atoms with Gasteiger partial charge in [0.25, 0.3) is 12.3 Å². The Morgan fingerprint density at radius 3 is 2.64 bits per heavy atom. The van der Waals surface area contributed by atoms with E-state index < -0.39 is 30.2 Å². The van der Waals surface area contributed by atoms with E-state index in [1.807, 2.05) is 19.1 Å². The van der Waals surface area contributed by atoms with Crippen molar-refractivity contribution >= 4 is 17.5 Å². The highest BCUT2D eigenvalue weighted by molar-refractivity contribution is 6.31. The van der Waals surface area contributed by atoms with Gasteiger partial charge in [0.05, 0.1) is 11.6 Å². The van der Waals surface area contributed by atoms with Crippen LogP contribution in [0.2, 0.25) is 5.02 Å². The molecule has 0 bridgehead atoms. The quantitative estimate of drug-likeness (QED) is 0.839. The molecule has 1 aromatic heterocycles. The summed E-state index contributed by atoms with van der Waals surface area (Å²) in [6, 6.07) is 5.01. The van der Waals surface area contributed by atoms with E-state index in [0.717, 1.165) is 5.56 Å². The maximum Gasteiger partial charge on any atom is 0.282 e. The summed E-state index contributed by atoms with van der Waals surface area (Å²) in [7, 11) is 2.98. The number of benzene rings is 1. The molecule has 0 aliphatic carbocycles. The Bertz CT molecular complexity index is 764. The van der Waals surface area contributed by atoms with Crippen LogP contribution in [0.4, 0.5) is 8.78 Å². The lowest BCUT2D eigenvalue weighted by Crippen LogP contribution is -2.38. The van der Waals surface area contributed by atoms with Crippen molar-refractivity contribution in [2.24, 2.45) is 7.05 Å². The molecular formula is C17H20ClF2N3O2. The van der Waals surface area contributed by atoms with E-state index in [-0.39, 0.29) is 5.56 Å². The largest absolute Gasteiger partial charge is 0.375 e. The lowest BCUT2D eigenvalue weighted by atomic mass is 10.0. The van der Waals surface area contributed by atoms with Crippen molar-refractivity contribution in [2.75, 3.05) is 7.11 Å². The van der Waals surface area contributed by atoms with Crippen LogP contribution in [-0.4, -0.2) is 28.8 Å². The highest BCUT2D eigenvalue weighted by Gasteiger charge is 2.27. The molecule has 0 saturated carbocycles. The Labute approximate surface area is 149 Å². The fourth-order valence-corrected chi connectivity index (χ4v) is 3.01. The molecule has 2 unspecified atom stereocenters. The standard InChI is InChI=1S/C17H20ClF2N3O2/c1-9-5-6-11(13(18)7-9)15(25-4)10(2)21-17(24)12-8-23(3)22-14(12)16(19)20/h5-8,10,15-16H,1-4H3,(H,21,24). The van der Waals surface area contributed by atoms with Crippen LogP contribution in [0, 0.1) is 6.92 Å². The van der Waals surface area contributed by atoms with Gasteiger partial charge < -0.3 is 10.1 Å². The van der Waals surface area contributed by atoms with Crippen molar-refractivity contribution in [3.05, 3.63) is 51.8 Å². The number of methoxy groups -OCH3 is 1. The summed E-state index contributed by atoms with van der Waals surface area (Å²) >= 11 is 6.27. The summed E-state index contributed by atoms with van der Waals surface area (Å²) in [5, 5.41) is 6.84. The molecule has 0 aliphatic heterocycles. The molecule has 0 aliphatic rings. The Hall–Kier alpha value is -1.99.